The second-order valence-corrected chi connectivity index (χ2v) is 7.21. The lowest BCUT2D eigenvalue weighted by atomic mass is 10.1. The van der Waals surface area contributed by atoms with Gasteiger partial charge in [-0.3, -0.25) is 4.79 Å². The summed E-state index contributed by atoms with van der Waals surface area (Å²) >= 11 is 0. The zero-order chi connectivity index (χ0) is 22.7. The Hall–Kier alpha value is -4.51. The standard InChI is InChI=1S/C24H20N6O2/c1-15-16(2)29-30(17(15)3)22-12-13-23(28-27-22)32-21-10-8-20(9-11-21)26-24(31)19-6-4-18(14-25)5-7-19/h4-13H,1-3H3,(H,26,31). The number of hydrogen-bond acceptors (Lipinski definition) is 6. The van der Waals surface area contributed by atoms with Gasteiger partial charge in [-0.1, -0.05) is 0 Å². The average molecular weight is 424 g/mol. The molecular formula is C24H20N6O2. The van der Waals surface area contributed by atoms with Crippen molar-refractivity contribution in [3.8, 4) is 23.5 Å². The SMILES string of the molecule is Cc1nn(-c2ccc(Oc3ccc(NC(=O)c4ccc(C#N)cc4)cc3)nn2)c(C)c1C. The summed E-state index contributed by atoms with van der Waals surface area (Å²) in [6, 6.07) is 18.9. The maximum absolute atomic E-state index is 12.3. The summed E-state index contributed by atoms with van der Waals surface area (Å²) in [4.78, 5) is 12.3. The molecule has 0 saturated heterocycles. The van der Waals surface area contributed by atoms with Crippen LogP contribution in [-0.2, 0) is 0 Å². The van der Waals surface area contributed by atoms with Crippen molar-refractivity contribution in [2.45, 2.75) is 20.8 Å². The number of nitrogens with one attached hydrogen (secondary N) is 1. The van der Waals surface area contributed by atoms with Crippen LogP contribution in [-0.4, -0.2) is 25.9 Å². The van der Waals surface area contributed by atoms with Crippen molar-refractivity contribution in [1.29, 1.82) is 5.26 Å². The van der Waals surface area contributed by atoms with Crippen molar-refractivity contribution in [3.05, 3.63) is 88.7 Å². The smallest absolute Gasteiger partial charge is 0.255 e. The van der Waals surface area contributed by atoms with Crippen LogP contribution in [0.3, 0.4) is 0 Å². The Morgan fingerprint density at radius 1 is 0.969 bits per heavy atom. The number of nitriles is 1. The van der Waals surface area contributed by atoms with Gasteiger partial charge in [-0.15, -0.1) is 10.2 Å². The molecular weight excluding hydrogens is 404 g/mol. The van der Waals surface area contributed by atoms with Gasteiger partial charge in [0.2, 0.25) is 5.88 Å². The van der Waals surface area contributed by atoms with Crippen LogP contribution in [0.5, 0.6) is 11.6 Å². The predicted octanol–water partition coefficient (Wildman–Crippen LogP) is 4.50. The molecule has 4 rings (SSSR count). The van der Waals surface area contributed by atoms with Crippen molar-refractivity contribution < 1.29 is 9.53 Å². The van der Waals surface area contributed by atoms with E-state index in [1.54, 1.807) is 65.3 Å². The maximum Gasteiger partial charge on any atom is 0.255 e. The first-order valence-electron chi connectivity index (χ1n) is 9.91. The molecule has 0 bridgehead atoms. The molecule has 0 fully saturated rings. The molecule has 0 aliphatic rings. The Kier molecular flexibility index (Phi) is 5.64. The van der Waals surface area contributed by atoms with Crippen molar-refractivity contribution in [2.75, 3.05) is 5.32 Å². The summed E-state index contributed by atoms with van der Waals surface area (Å²) in [6.45, 7) is 5.97. The number of rotatable bonds is 5. The fourth-order valence-corrected chi connectivity index (χ4v) is 3.05. The third-order valence-electron chi connectivity index (χ3n) is 5.11. The summed E-state index contributed by atoms with van der Waals surface area (Å²) in [5, 5.41) is 24.5. The lowest BCUT2D eigenvalue weighted by Gasteiger charge is -2.08. The van der Waals surface area contributed by atoms with Gasteiger partial charge in [0.25, 0.3) is 5.91 Å². The minimum Gasteiger partial charge on any atom is -0.438 e. The van der Waals surface area contributed by atoms with Gasteiger partial charge >= 0.3 is 0 Å². The molecule has 0 saturated carbocycles. The zero-order valence-electron chi connectivity index (χ0n) is 17.8. The first-order valence-corrected chi connectivity index (χ1v) is 9.91. The van der Waals surface area contributed by atoms with Gasteiger partial charge in [-0.05, 0) is 80.9 Å². The quantitative estimate of drug-likeness (QED) is 0.505. The Balaban J connectivity index is 1.40. The number of hydrogen-bond donors (Lipinski definition) is 1. The van der Waals surface area contributed by atoms with Gasteiger partial charge in [0.05, 0.1) is 17.3 Å². The van der Waals surface area contributed by atoms with E-state index in [0.29, 0.717) is 34.3 Å². The van der Waals surface area contributed by atoms with Gasteiger partial charge in [0.15, 0.2) is 5.82 Å². The van der Waals surface area contributed by atoms with Crippen LogP contribution in [0.25, 0.3) is 5.82 Å². The molecule has 8 nitrogen and oxygen atoms in total. The zero-order valence-corrected chi connectivity index (χ0v) is 17.8. The summed E-state index contributed by atoms with van der Waals surface area (Å²) < 4.78 is 7.51. The molecule has 1 N–H and O–H groups in total. The molecule has 158 valence electrons. The summed E-state index contributed by atoms with van der Waals surface area (Å²) in [5.41, 5.74) is 4.69. The van der Waals surface area contributed by atoms with Crippen LogP contribution >= 0.6 is 0 Å². The molecule has 0 spiro atoms. The van der Waals surface area contributed by atoms with Gasteiger partial charge in [0, 0.05) is 23.0 Å². The van der Waals surface area contributed by atoms with Gasteiger partial charge < -0.3 is 10.1 Å². The lowest BCUT2D eigenvalue weighted by Crippen LogP contribution is -2.11. The van der Waals surface area contributed by atoms with Crippen LogP contribution in [0.2, 0.25) is 0 Å². The van der Waals surface area contributed by atoms with Gasteiger partial charge in [-0.25, -0.2) is 4.68 Å². The number of nitrogens with zero attached hydrogens (tertiary/aromatic N) is 5. The average Bonchev–Trinajstić information content (AvgIpc) is 3.08. The molecule has 0 aliphatic carbocycles. The molecule has 4 aromatic rings. The first-order chi connectivity index (χ1) is 15.4. The summed E-state index contributed by atoms with van der Waals surface area (Å²) in [6.07, 6.45) is 0. The Labute approximate surface area is 185 Å². The number of anilines is 1. The summed E-state index contributed by atoms with van der Waals surface area (Å²) in [7, 11) is 0. The monoisotopic (exact) mass is 424 g/mol. The molecule has 32 heavy (non-hydrogen) atoms. The molecule has 1 amide bonds. The number of aromatic nitrogens is 4. The third kappa shape index (κ3) is 4.32. The number of carbonyl (C=O) groups is 1. The van der Waals surface area contributed by atoms with E-state index in [1.807, 2.05) is 26.8 Å². The summed E-state index contributed by atoms with van der Waals surface area (Å²) in [5.74, 6) is 1.27. The Morgan fingerprint density at radius 2 is 1.69 bits per heavy atom. The topological polar surface area (TPSA) is 106 Å². The third-order valence-corrected chi connectivity index (χ3v) is 5.11. The number of amides is 1. The number of aryl methyl sites for hydroxylation is 1. The van der Waals surface area contributed by atoms with Crippen LogP contribution in [0.4, 0.5) is 5.69 Å². The highest BCUT2D eigenvalue weighted by atomic mass is 16.5. The van der Waals surface area contributed by atoms with E-state index in [4.69, 9.17) is 10.00 Å². The van der Waals surface area contributed by atoms with Crippen molar-refractivity contribution in [3.63, 3.8) is 0 Å². The first kappa shape index (κ1) is 20.8. The minimum absolute atomic E-state index is 0.260. The highest BCUT2D eigenvalue weighted by Crippen LogP contribution is 2.22. The number of ether oxygens (including phenoxy) is 1. The highest BCUT2D eigenvalue weighted by molar-refractivity contribution is 6.04. The number of carbonyl (C=O) groups excluding carboxylic acids is 1. The van der Waals surface area contributed by atoms with Crippen LogP contribution in [0.1, 0.15) is 32.9 Å². The Bertz CT molecular complexity index is 1300. The van der Waals surface area contributed by atoms with E-state index < -0.39 is 0 Å². The van der Waals surface area contributed by atoms with E-state index in [1.165, 1.54) is 0 Å². The van der Waals surface area contributed by atoms with Crippen molar-refractivity contribution in [2.24, 2.45) is 0 Å². The van der Waals surface area contributed by atoms with Crippen LogP contribution < -0.4 is 10.1 Å². The van der Waals surface area contributed by atoms with Crippen molar-refractivity contribution >= 4 is 11.6 Å². The lowest BCUT2D eigenvalue weighted by molar-refractivity contribution is 0.102. The molecule has 0 unspecified atom stereocenters. The van der Waals surface area contributed by atoms with E-state index in [-0.39, 0.29) is 5.91 Å². The van der Waals surface area contributed by atoms with E-state index in [9.17, 15) is 4.79 Å². The fraction of sp³-hybridized carbons (Fsp3) is 0.125. The molecule has 2 heterocycles. The normalized spacial score (nSPS) is 10.4. The van der Waals surface area contributed by atoms with Crippen LogP contribution in [0.15, 0.2) is 60.7 Å². The maximum atomic E-state index is 12.3. The molecule has 2 aromatic heterocycles. The molecule has 0 aliphatic heterocycles. The van der Waals surface area contributed by atoms with E-state index in [2.05, 4.69) is 20.6 Å². The Morgan fingerprint density at radius 3 is 2.25 bits per heavy atom. The largest absolute Gasteiger partial charge is 0.438 e. The number of benzene rings is 2. The second kappa shape index (κ2) is 8.70. The molecule has 0 atom stereocenters. The van der Waals surface area contributed by atoms with E-state index in [0.717, 1.165) is 17.0 Å². The van der Waals surface area contributed by atoms with Gasteiger partial charge in [0.1, 0.15) is 5.75 Å². The fourth-order valence-electron chi connectivity index (χ4n) is 3.05. The minimum atomic E-state index is -0.260. The highest BCUT2D eigenvalue weighted by Gasteiger charge is 2.11. The van der Waals surface area contributed by atoms with E-state index >= 15 is 0 Å². The van der Waals surface area contributed by atoms with Crippen LogP contribution in [0, 0.1) is 32.1 Å². The van der Waals surface area contributed by atoms with Crippen molar-refractivity contribution in [1.82, 2.24) is 20.0 Å². The molecule has 2 aromatic carbocycles. The second-order valence-electron chi connectivity index (χ2n) is 7.21. The predicted molar refractivity (Wildman–Crippen MR) is 119 cm³/mol. The molecule has 0 radical (unpaired) electrons. The van der Waals surface area contributed by atoms with Gasteiger partial charge in [-0.2, -0.15) is 10.4 Å². The molecule has 8 heteroatoms.